The van der Waals surface area contributed by atoms with Gasteiger partial charge in [-0.25, -0.2) is 0 Å². The van der Waals surface area contributed by atoms with Crippen LogP contribution < -0.4 is 4.74 Å². The van der Waals surface area contributed by atoms with Crippen molar-refractivity contribution in [3.63, 3.8) is 0 Å². The second-order valence-corrected chi connectivity index (χ2v) is 7.06. The maximum Gasteiger partial charge on any atom is 0.127 e. The molecule has 0 saturated heterocycles. The Balaban J connectivity index is 1.75. The monoisotopic (exact) mass is 308 g/mol. The van der Waals surface area contributed by atoms with E-state index >= 15 is 0 Å². The Hall–Kier alpha value is -0.540. The van der Waals surface area contributed by atoms with Gasteiger partial charge in [0.05, 0.1) is 6.10 Å². The quantitative estimate of drug-likeness (QED) is 0.789. The Morgan fingerprint density at radius 3 is 2.89 bits per heavy atom. The number of halogens is 1. The fourth-order valence-corrected chi connectivity index (χ4v) is 4.68. The van der Waals surface area contributed by atoms with Crippen molar-refractivity contribution in [1.82, 2.24) is 0 Å². The van der Waals surface area contributed by atoms with Crippen LogP contribution in [0.25, 0.3) is 0 Å². The van der Waals surface area contributed by atoms with Gasteiger partial charge in [0.25, 0.3) is 0 Å². The molecular formula is C15H17BrO2. The molecule has 3 aliphatic rings. The second-order valence-electron chi connectivity index (χ2n) is 6.15. The van der Waals surface area contributed by atoms with Crippen LogP contribution in [0.1, 0.15) is 43.8 Å². The first-order valence-electron chi connectivity index (χ1n) is 6.83. The smallest absolute Gasteiger partial charge is 0.127 e. The van der Waals surface area contributed by atoms with Gasteiger partial charge in [0.2, 0.25) is 0 Å². The maximum atomic E-state index is 10.4. The third-order valence-corrected chi connectivity index (χ3v) is 5.60. The molecule has 1 spiro atoms. The van der Waals surface area contributed by atoms with Gasteiger partial charge in [-0.1, -0.05) is 22.0 Å². The highest BCUT2D eigenvalue weighted by Crippen LogP contribution is 2.58. The van der Waals surface area contributed by atoms with Crippen molar-refractivity contribution in [3.8, 4) is 5.75 Å². The summed E-state index contributed by atoms with van der Waals surface area (Å²) in [7, 11) is 0. The summed E-state index contributed by atoms with van der Waals surface area (Å²) in [6.07, 6.45) is 5.50. The highest BCUT2D eigenvalue weighted by molar-refractivity contribution is 9.10. The molecule has 1 aromatic carbocycles. The molecule has 1 N–H and O–H groups in total. The van der Waals surface area contributed by atoms with E-state index in [4.69, 9.17) is 4.74 Å². The number of aliphatic hydroxyl groups is 1. The van der Waals surface area contributed by atoms with Crippen LogP contribution in [0.3, 0.4) is 0 Å². The molecule has 0 radical (unpaired) electrons. The molecule has 2 nitrogen and oxygen atoms in total. The minimum absolute atomic E-state index is 0.0733. The molecule has 4 atom stereocenters. The number of aliphatic hydroxyl groups excluding tert-OH is 1. The van der Waals surface area contributed by atoms with E-state index in [1.165, 1.54) is 19.3 Å². The molecule has 0 amide bonds. The normalized spacial score (nSPS) is 40.9. The van der Waals surface area contributed by atoms with Crippen molar-refractivity contribution >= 4 is 15.9 Å². The molecule has 1 aliphatic heterocycles. The van der Waals surface area contributed by atoms with E-state index in [0.29, 0.717) is 5.92 Å². The summed E-state index contributed by atoms with van der Waals surface area (Å²) in [4.78, 5) is 0. The van der Waals surface area contributed by atoms with Gasteiger partial charge in [0, 0.05) is 16.5 Å². The number of ether oxygens (including phenoxy) is 1. The van der Waals surface area contributed by atoms with E-state index < -0.39 is 0 Å². The Morgan fingerprint density at radius 1 is 1.28 bits per heavy atom. The van der Waals surface area contributed by atoms with E-state index in [1.54, 1.807) is 0 Å². The molecular weight excluding hydrogens is 292 g/mol. The number of hydrogen-bond acceptors (Lipinski definition) is 2. The summed E-state index contributed by atoms with van der Waals surface area (Å²) >= 11 is 3.49. The van der Waals surface area contributed by atoms with Crippen LogP contribution in [0, 0.1) is 11.8 Å². The summed E-state index contributed by atoms with van der Waals surface area (Å²) in [5.74, 6) is 2.37. The lowest BCUT2D eigenvalue weighted by molar-refractivity contribution is -0.0509. The zero-order valence-corrected chi connectivity index (χ0v) is 11.8. The summed E-state index contributed by atoms with van der Waals surface area (Å²) in [6, 6.07) is 5.96. The molecule has 2 fully saturated rings. The molecule has 1 aromatic rings. The molecule has 2 saturated carbocycles. The third kappa shape index (κ3) is 1.50. The lowest BCUT2D eigenvalue weighted by Gasteiger charge is -2.43. The lowest BCUT2D eigenvalue weighted by Crippen LogP contribution is -2.45. The Labute approximate surface area is 115 Å². The highest BCUT2D eigenvalue weighted by atomic mass is 79.9. The fourth-order valence-electron chi connectivity index (χ4n) is 4.34. The molecule has 0 aromatic heterocycles. The van der Waals surface area contributed by atoms with E-state index in [2.05, 4.69) is 15.9 Å². The lowest BCUT2D eigenvalue weighted by atomic mass is 9.77. The van der Waals surface area contributed by atoms with E-state index in [-0.39, 0.29) is 11.7 Å². The topological polar surface area (TPSA) is 29.5 Å². The van der Waals surface area contributed by atoms with Gasteiger partial charge in [-0.3, -0.25) is 0 Å². The SMILES string of the molecule is OC1CC2(CC3CCC2C3)Oc2cc(Br)ccc21. The minimum Gasteiger partial charge on any atom is -0.486 e. The van der Waals surface area contributed by atoms with Crippen molar-refractivity contribution in [1.29, 1.82) is 0 Å². The van der Waals surface area contributed by atoms with Crippen LogP contribution in [-0.4, -0.2) is 10.7 Å². The first-order valence-corrected chi connectivity index (χ1v) is 7.62. The molecule has 3 heteroatoms. The predicted molar refractivity (Wildman–Crippen MR) is 72.5 cm³/mol. The van der Waals surface area contributed by atoms with Crippen LogP contribution in [0.15, 0.2) is 22.7 Å². The van der Waals surface area contributed by atoms with Crippen molar-refractivity contribution < 1.29 is 9.84 Å². The summed E-state index contributed by atoms with van der Waals surface area (Å²) in [5.41, 5.74) is 0.877. The number of fused-ring (bicyclic) bond motifs is 4. The average Bonchev–Trinajstić information content (AvgIpc) is 2.88. The van der Waals surface area contributed by atoms with Crippen molar-refractivity contribution in [2.75, 3.05) is 0 Å². The van der Waals surface area contributed by atoms with Crippen LogP contribution >= 0.6 is 15.9 Å². The van der Waals surface area contributed by atoms with Gasteiger partial charge in [-0.15, -0.1) is 0 Å². The Kier molecular flexibility index (Phi) is 2.34. The predicted octanol–water partition coefficient (Wildman–Crippen LogP) is 3.82. The number of benzene rings is 1. The van der Waals surface area contributed by atoms with Gasteiger partial charge in [-0.05, 0) is 49.7 Å². The average molecular weight is 309 g/mol. The largest absolute Gasteiger partial charge is 0.486 e. The van der Waals surface area contributed by atoms with E-state index in [9.17, 15) is 5.11 Å². The Bertz CT molecular complexity index is 501. The van der Waals surface area contributed by atoms with Gasteiger partial charge in [0.15, 0.2) is 0 Å². The Morgan fingerprint density at radius 2 is 2.17 bits per heavy atom. The van der Waals surface area contributed by atoms with Crippen molar-refractivity contribution in [2.45, 2.75) is 43.8 Å². The highest BCUT2D eigenvalue weighted by Gasteiger charge is 2.55. The second kappa shape index (κ2) is 3.73. The standard InChI is InChI=1S/C15H17BrO2/c16-11-3-4-12-13(17)8-15(18-14(12)6-11)7-9-1-2-10(15)5-9/h3-4,6,9-10,13,17H,1-2,5,7-8H2. The van der Waals surface area contributed by atoms with E-state index in [0.717, 1.165) is 34.5 Å². The van der Waals surface area contributed by atoms with Gasteiger partial charge < -0.3 is 9.84 Å². The van der Waals surface area contributed by atoms with Gasteiger partial charge in [0.1, 0.15) is 11.4 Å². The summed E-state index contributed by atoms with van der Waals surface area (Å²) in [5, 5.41) is 10.4. The molecule has 1 heterocycles. The van der Waals surface area contributed by atoms with Crippen molar-refractivity contribution in [3.05, 3.63) is 28.2 Å². The van der Waals surface area contributed by atoms with Crippen LogP contribution in [-0.2, 0) is 0 Å². The third-order valence-electron chi connectivity index (χ3n) is 5.11. The van der Waals surface area contributed by atoms with Gasteiger partial charge >= 0.3 is 0 Å². The maximum absolute atomic E-state index is 10.4. The summed E-state index contributed by atoms with van der Waals surface area (Å²) in [6.45, 7) is 0. The number of hydrogen-bond donors (Lipinski definition) is 1. The number of rotatable bonds is 0. The van der Waals surface area contributed by atoms with Gasteiger partial charge in [-0.2, -0.15) is 0 Å². The first kappa shape index (κ1) is 11.3. The molecule has 18 heavy (non-hydrogen) atoms. The van der Waals surface area contributed by atoms with Crippen LogP contribution in [0.2, 0.25) is 0 Å². The molecule has 2 bridgehead atoms. The van der Waals surface area contributed by atoms with Crippen molar-refractivity contribution in [2.24, 2.45) is 11.8 Å². The minimum atomic E-state index is -0.360. The molecule has 2 aliphatic carbocycles. The van der Waals surface area contributed by atoms with E-state index in [1.807, 2.05) is 18.2 Å². The zero-order chi connectivity index (χ0) is 12.3. The molecule has 4 rings (SSSR count). The summed E-state index contributed by atoms with van der Waals surface area (Å²) < 4.78 is 7.40. The molecule has 96 valence electrons. The van der Waals surface area contributed by atoms with Crippen LogP contribution in [0.5, 0.6) is 5.75 Å². The first-order chi connectivity index (χ1) is 8.66. The fraction of sp³-hybridized carbons (Fsp3) is 0.600. The molecule has 4 unspecified atom stereocenters. The zero-order valence-electron chi connectivity index (χ0n) is 10.2. The van der Waals surface area contributed by atoms with Crippen LogP contribution in [0.4, 0.5) is 0 Å².